The maximum Gasteiger partial charge on any atom is 0.255 e. The maximum atomic E-state index is 13.0. The number of carbonyl (C=O) groups excluding carboxylic acids is 2. The van der Waals surface area contributed by atoms with Crippen LogP contribution in [0, 0.1) is 13.8 Å². The van der Waals surface area contributed by atoms with Gasteiger partial charge in [0.1, 0.15) is 0 Å². The van der Waals surface area contributed by atoms with Gasteiger partial charge in [0.05, 0.1) is 5.56 Å². The van der Waals surface area contributed by atoms with Crippen LogP contribution in [-0.2, 0) is 4.79 Å². The second kappa shape index (κ2) is 6.99. The minimum absolute atomic E-state index is 0.125. The van der Waals surface area contributed by atoms with E-state index in [2.05, 4.69) is 18.4 Å². The van der Waals surface area contributed by atoms with Gasteiger partial charge in [0.2, 0.25) is 5.91 Å². The van der Waals surface area contributed by atoms with E-state index in [-0.39, 0.29) is 11.8 Å². The summed E-state index contributed by atoms with van der Waals surface area (Å²) in [6, 6.07) is 2.64. The number of nitrogens with zero attached hydrogens (tertiary/aromatic N) is 3. The van der Waals surface area contributed by atoms with Gasteiger partial charge >= 0.3 is 0 Å². The Kier molecular flexibility index (Phi) is 4.97. The van der Waals surface area contributed by atoms with E-state index >= 15 is 0 Å². The number of carbonyl (C=O) groups is 2. The molecular formula is C19H29N3O2. The molecule has 0 radical (unpaired) electrons. The lowest BCUT2D eigenvalue weighted by atomic mass is 10.2. The van der Waals surface area contributed by atoms with Gasteiger partial charge in [0, 0.05) is 50.0 Å². The van der Waals surface area contributed by atoms with Crippen LogP contribution in [0.2, 0.25) is 0 Å². The second-order valence-corrected chi connectivity index (χ2v) is 7.16. The van der Waals surface area contributed by atoms with Crippen molar-refractivity contribution >= 4 is 11.8 Å². The molecule has 1 aliphatic heterocycles. The van der Waals surface area contributed by atoms with Crippen LogP contribution < -0.4 is 0 Å². The summed E-state index contributed by atoms with van der Waals surface area (Å²) in [6.07, 6.45) is 4.80. The molecule has 2 aliphatic rings. The average molecular weight is 331 g/mol. The zero-order valence-electron chi connectivity index (χ0n) is 15.2. The molecule has 1 aromatic rings. The van der Waals surface area contributed by atoms with E-state index in [1.807, 2.05) is 22.8 Å². The van der Waals surface area contributed by atoms with Gasteiger partial charge in [0.25, 0.3) is 5.91 Å². The van der Waals surface area contributed by atoms with Crippen LogP contribution in [0.25, 0.3) is 0 Å². The van der Waals surface area contributed by atoms with Crippen LogP contribution in [0.4, 0.5) is 0 Å². The lowest BCUT2D eigenvalue weighted by molar-refractivity contribution is -0.131. The third kappa shape index (κ3) is 3.35. The minimum Gasteiger partial charge on any atom is -0.345 e. The molecule has 0 atom stereocenters. The van der Waals surface area contributed by atoms with E-state index in [1.54, 1.807) is 0 Å². The van der Waals surface area contributed by atoms with Crippen molar-refractivity contribution in [2.24, 2.45) is 0 Å². The Morgan fingerprint density at radius 1 is 1.08 bits per heavy atom. The van der Waals surface area contributed by atoms with E-state index in [9.17, 15) is 9.59 Å². The van der Waals surface area contributed by atoms with Crippen LogP contribution in [0.5, 0.6) is 0 Å². The Bertz CT molecular complexity index is 631. The Morgan fingerprint density at radius 3 is 2.42 bits per heavy atom. The number of aromatic nitrogens is 1. The third-order valence-electron chi connectivity index (χ3n) is 5.23. The van der Waals surface area contributed by atoms with Crippen LogP contribution >= 0.6 is 0 Å². The first-order valence-electron chi connectivity index (χ1n) is 9.28. The smallest absolute Gasteiger partial charge is 0.255 e. The molecule has 1 saturated carbocycles. The van der Waals surface area contributed by atoms with Gasteiger partial charge in [-0.15, -0.1) is 0 Å². The molecule has 0 aromatic carbocycles. The average Bonchev–Trinajstić information content (AvgIpc) is 3.35. The van der Waals surface area contributed by atoms with E-state index in [0.717, 1.165) is 37.2 Å². The molecule has 2 amide bonds. The molecule has 2 fully saturated rings. The predicted molar refractivity (Wildman–Crippen MR) is 94.2 cm³/mol. The Balaban J connectivity index is 1.69. The van der Waals surface area contributed by atoms with Crippen molar-refractivity contribution in [2.75, 3.05) is 26.2 Å². The van der Waals surface area contributed by atoms with E-state index in [0.29, 0.717) is 25.6 Å². The van der Waals surface area contributed by atoms with Gasteiger partial charge in [-0.2, -0.15) is 0 Å². The van der Waals surface area contributed by atoms with Crippen LogP contribution in [-0.4, -0.2) is 52.4 Å². The fraction of sp³-hybridized carbons (Fsp3) is 0.684. The number of hydrogen-bond acceptors (Lipinski definition) is 2. The van der Waals surface area contributed by atoms with Crippen molar-refractivity contribution in [1.29, 1.82) is 0 Å². The maximum absolute atomic E-state index is 13.0. The quantitative estimate of drug-likeness (QED) is 0.851. The molecule has 1 aromatic heterocycles. The van der Waals surface area contributed by atoms with Crippen molar-refractivity contribution in [2.45, 2.75) is 58.9 Å². The molecule has 5 nitrogen and oxygen atoms in total. The largest absolute Gasteiger partial charge is 0.345 e. The minimum atomic E-state index is 0.125. The summed E-state index contributed by atoms with van der Waals surface area (Å²) in [6.45, 7) is 8.99. The first-order valence-corrected chi connectivity index (χ1v) is 9.28. The highest BCUT2D eigenvalue weighted by Gasteiger charge is 2.30. The van der Waals surface area contributed by atoms with Gasteiger partial charge in [-0.3, -0.25) is 9.59 Å². The fourth-order valence-corrected chi connectivity index (χ4v) is 3.80. The first kappa shape index (κ1) is 17.1. The molecule has 0 bridgehead atoms. The van der Waals surface area contributed by atoms with Crippen molar-refractivity contribution in [3.05, 3.63) is 23.0 Å². The van der Waals surface area contributed by atoms with Gasteiger partial charge < -0.3 is 14.4 Å². The van der Waals surface area contributed by atoms with Crippen LogP contribution in [0.1, 0.15) is 66.8 Å². The molecule has 1 aliphatic carbocycles. The second-order valence-electron chi connectivity index (χ2n) is 7.16. The summed E-state index contributed by atoms with van der Waals surface area (Å²) in [4.78, 5) is 28.9. The summed E-state index contributed by atoms with van der Waals surface area (Å²) in [5.74, 6) is 0.346. The van der Waals surface area contributed by atoms with Crippen LogP contribution in [0.15, 0.2) is 6.07 Å². The summed E-state index contributed by atoms with van der Waals surface area (Å²) < 4.78 is 2.32. The van der Waals surface area contributed by atoms with Gasteiger partial charge in [-0.05, 0) is 45.6 Å². The molecule has 5 heteroatoms. The van der Waals surface area contributed by atoms with Crippen molar-refractivity contribution in [3.8, 4) is 0 Å². The zero-order chi connectivity index (χ0) is 17.3. The van der Waals surface area contributed by atoms with Crippen molar-refractivity contribution in [1.82, 2.24) is 14.4 Å². The molecule has 3 rings (SSSR count). The number of aryl methyl sites for hydroxylation is 1. The number of rotatable bonds is 4. The molecule has 2 heterocycles. The SMILES string of the molecule is CCCC(=O)N1CCCN(C(=O)c2cc(C)n(C3CC3)c2C)CC1. The molecule has 0 N–H and O–H groups in total. The topological polar surface area (TPSA) is 45.6 Å². The standard InChI is InChI=1S/C19H29N3O2/c1-4-6-18(23)20-9-5-10-21(12-11-20)19(24)17-13-14(2)22(15(17)3)16-7-8-16/h13,16H,4-12H2,1-3H3. The molecular weight excluding hydrogens is 302 g/mol. The first-order chi connectivity index (χ1) is 11.5. The third-order valence-corrected chi connectivity index (χ3v) is 5.23. The van der Waals surface area contributed by atoms with E-state index in [4.69, 9.17) is 0 Å². The van der Waals surface area contributed by atoms with Crippen LogP contribution in [0.3, 0.4) is 0 Å². The summed E-state index contributed by atoms with van der Waals surface area (Å²) in [5.41, 5.74) is 3.13. The summed E-state index contributed by atoms with van der Waals surface area (Å²) >= 11 is 0. The van der Waals surface area contributed by atoms with E-state index < -0.39 is 0 Å². The lowest BCUT2D eigenvalue weighted by Crippen LogP contribution is -2.37. The number of amides is 2. The van der Waals surface area contributed by atoms with Crippen molar-refractivity contribution in [3.63, 3.8) is 0 Å². The molecule has 0 unspecified atom stereocenters. The molecule has 1 saturated heterocycles. The molecule has 24 heavy (non-hydrogen) atoms. The highest BCUT2D eigenvalue weighted by molar-refractivity contribution is 5.95. The monoisotopic (exact) mass is 331 g/mol. The van der Waals surface area contributed by atoms with Gasteiger partial charge in [0.15, 0.2) is 0 Å². The fourth-order valence-electron chi connectivity index (χ4n) is 3.80. The highest BCUT2D eigenvalue weighted by Crippen LogP contribution is 2.38. The normalized spacial score (nSPS) is 18.6. The predicted octanol–water partition coefficient (Wildman–Crippen LogP) is 2.91. The zero-order valence-corrected chi connectivity index (χ0v) is 15.2. The molecule has 132 valence electrons. The van der Waals surface area contributed by atoms with Crippen molar-refractivity contribution < 1.29 is 9.59 Å². The molecule has 0 spiro atoms. The Labute approximate surface area is 144 Å². The van der Waals surface area contributed by atoms with E-state index in [1.165, 1.54) is 18.5 Å². The Hall–Kier alpha value is -1.78. The lowest BCUT2D eigenvalue weighted by Gasteiger charge is -2.22. The van der Waals surface area contributed by atoms with Gasteiger partial charge in [-0.25, -0.2) is 0 Å². The Morgan fingerprint density at radius 2 is 1.75 bits per heavy atom. The number of hydrogen-bond donors (Lipinski definition) is 0. The van der Waals surface area contributed by atoms with Gasteiger partial charge in [-0.1, -0.05) is 6.92 Å². The summed E-state index contributed by atoms with van der Waals surface area (Å²) in [5, 5.41) is 0. The summed E-state index contributed by atoms with van der Waals surface area (Å²) in [7, 11) is 0. The highest BCUT2D eigenvalue weighted by atomic mass is 16.2.